The van der Waals surface area contributed by atoms with Crippen LogP contribution in [0.25, 0.3) is 0 Å². The molecule has 1 aromatic carbocycles. The topological polar surface area (TPSA) is 117 Å². The Morgan fingerprint density at radius 1 is 1.48 bits per heavy atom. The number of carbonyl (C=O) groups is 1. The van der Waals surface area contributed by atoms with E-state index in [-0.39, 0.29) is 23.1 Å². The maximum Gasteiger partial charge on any atom is 0.293 e. The average Bonchev–Trinajstić information content (AvgIpc) is 3.07. The molecule has 0 saturated carbocycles. The van der Waals surface area contributed by atoms with Crippen molar-refractivity contribution in [1.82, 2.24) is 20.5 Å². The van der Waals surface area contributed by atoms with Crippen molar-refractivity contribution in [2.75, 3.05) is 25.0 Å². The summed E-state index contributed by atoms with van der Waals surface area (Å²) in [6.07, 6.45) is 1.84. The van der Waals surface area contributed by atoms with Crippen molar-refractivity contribution < 1.29 is 9.72 Å². The van der Waals surface area contributed by atoms with Crippen LogP contribution in [0.2, 0.25) is 0 Å². The number of anilines is 1. The Kier molecular flexibility index (Phi) is 4.64. The lowest BCUT2D eigenvalue weighted by Gasteiger charge is -2.32. The van der Waals surface area contributed by atoms with Crippen molar-refractivity contribution in [1.29, 1.82) is 0 Å². The van der Waals surface area contributed by atoms with E-state index in [1.54, 1.807) is 12.1 Å². The summed E-state index contributed by atoms with van der Waals surface area (Å²) >= 11 is 0. The van der Waals surface area contributed by atoms with Crippen LogP contribution in [0.3, 0.4) is 0 Å². The fraction of sp³-hybridized carbons (Fsp3) is 0.438. The molecule has 2 aromatic rings. The largest absolute Gasteiger partial charge is 0.365 e. The highest BCUT2D eigenvalue weighted by Gasteiger charge is 2.28. The van der Waals surface area contributed by atoms with E-state index in [0.29, 0.717) is 12.2 Å². The molecular weight excluding hydrogens is 324 g/mol. The number of amides is 1. The van der Waals surface area contributed by atoms with E-state index in [9.17, 15) is 14.9 Å². The molecule has 9 heteroatoms. The van der Waals surface area contributed by atoms with Gasteiger partial charge in [0.15, 0.2) is 5.82 Å². The van der Waals surface area contributed by atoms with E-state index in [1.165, 1.54) is 13.1 Å². The Morgan fingerprint density at radius 2 is 2.28 bits per heavy atom. The minimum Gasteiger partial charge on any atom is -0.365 e. The summed E-state index contributed by atoms with van der Waals surface area (Å²) in [6.45, 7) is 3.18. The smallest absolute Gasteiger partial charge is 0.293 e. The van der Waals surface area contributed by atoms with Crippen molar-refractivity contribution in [2.45, 2.75) is 25.7 Å². The maximum atomic E-state index is 11.7. The number of piperidine rings is 1. The van der Waals surface area contributed by atoms with Gasteiger partial charge in [-0.3, -0.25) is 20.0 Å². The molecule has 25 heavy (non-hydrogen) atoms. The molecule has 9 nitrogen and oxygen atoms in total. The summed E-state index contributed by atoms with van der Waals surface area (Å²) in [7, 11) is 1.50. The van der Waals surface area contributed by atoms with Crippen LogP contribution in [0.15, 0.2) is 18.2 Å². The lowest BCUT2D eigenvalue weighted by atomic mass is 9.96. The molecule has 0 aliphatic carbocycles. The molecule has 0 bridgehead atoms. The van der Waals surface area contributed by atoms with Crippen molar-refractivity contribution in [3.63, 3.8) is 0 Å². The van der Waals surface area contributed by atoms with Crippen LogP contribution < -0.4 is 10.2 Å². The Hall–Kier alpha value is -2.97. The Balaban J connectivity index is 1.89. The lowest BCUT2D eigenvalue weighted by molar-refractivity contribution is -0.384. The summed E-state index contributed by atoms with van der Waals surface area (Å²) in [5.74, 6) is 1.28. The molecule has 1 aliphatic rings. The standard InChI is InChI=1S/C16H20N6O3/c1-10-18-15(20-19-10)12-4-3-7-21(9-12)13-6-5-11(16(23)17-2)8-14(13)22(24)25/h5-6,8,12H,3-4,7,9H2,1-2H3,(H,17,23)(H,18,19,20). The van der Waals surface area contributed by atoms with E-state index < -0.39 is 4.92 Å². The highest BCUT2D eigenvalue weighted by Crippen LogP contribution is 2.34. The number of benzene rings is 1. The van der Waals surface area contributed by atoms with Gasteiger partial charge in [0.2, 0.25) is 0 Å². The molecular formula is C16H20N6O3. The molecule has 3 rings (SSSR count). The van der Waals surface area contributed by atoms with Crippen molar-refractivity contribution in [3.8, 4) is 0 Å². The first-order valence-electron chi connectivity index (χ1n) is 8.14. The van der Waals surface area contributed by atoms with Crippen LogP contribution in [0.5, 0.6) is 0 Å². The summed E-state index contributed by atoms with van der Waals surface area (Å²) in [5.41, 5.74) is 0.735. The van der Waals surface area contributed by atoms with E-state index in [2.05, 4.69) is 20.5 Å². The Morgan fingerprint density at radius 3 is 2.92 bits per heavy atom. The third-order valence-corrected chi connectivity index (χ3v) is 4.40. The van der Waals surface area contributed by atoms with Crippen LogP contribution >= 0.6 is 0 Å². The number of hydrogen-bond donors (Lipinski definition) is 2. The molecule has 132 valence electrons. The summed E-state index contributed by atoms with van der Waals surface area (Å²) in [4.78, 5) is 29.2. The Bertz CT molecular complexity index is 803. The molecule has 1 unspecified atom stereocenters. The van der Waals surface area contributed by atoms with Crippen molar-refractivity contribution >= 4 is 17.3 Å². The second-order valence-electron chi connectivity index (χ2n) is 6.10. The van der Waals surface area contributed by atoms with E-state index in [4.69, 9.17) is 0 Å². The number of rotatable bonds is 4. The number of hydrogen-bond acceptors (Lipinski definition) is 6. The number of nitro groups is 1. The number of aromatic nitrogens is 3. The first-order valence-corrected chi connectivity index (χ1v) is 8.14. The second kappa shape index (κ2) is 6.88. The predicted molar refractivity (Wildman–Crippen MR) is 91.8 cm³/mol. The van der Waals surface area contributed by atoms with Gasteiger partial charge in [0.25, 0.3) is 11.6 Å². The highest BCUT2D eigenvalue weighted by molar-refractivity contribution is 5.95. The minimum absolute atomic E-state index is 0.0621. The van der Waals surface area contributed by atoms with Gasteiger partial charge in [-0.25, -0.2) is 4.98 Å². The zero-order valence-electron chi connectivity index (χ0n) is 14.2. The molecule has 0 spiro atoms. The number of aryl methyl sites for hydroxylation is 1. The van der Waals surface area contributed by atoms with Crippen LogP contribution in [-0.4, -0.2) is 46.1 Å². The quantitative estimate of drug-likeness (QED) is 0.645. The Labute approximate surface area is 144 Å². The van der Waals surface area contributed by atoms with Gasteiger partial charge >= 0.3 is 0 Å². The van der Waals surface area contributed by atoms with Crippen LogP contribution in [0.4, 0.5) is 11.4 Å². The summed E-state index contributed by atoms with van der Waals surface area (Å²) < 4.78 is 0. The molecule has 1 amide bonds. The van der Waals surface area contributed by atoms with Gasteiger partial charge in [-0.1, -0.05) is 0 Å². The normalized spacial score (nSPS) is 17.4. The fourth-order valence-corrected chi connectivity index (χ4v) is 3.17. The van der Waals surface area contributed by atoms with Crippen molar-refractivity contribution in [3.05, 3.63) is 45.5 Å². The van der Waals surface area contributed by atoms with Gasteiger partial charge in [-0.05, 0) is 31.9 Å². The van der Waals surface area contributed by atoms with Crippen molar-refractivity contribution in [2.24, 2.45) is 0 Å². The number of H-pyrrole nitrogens is 1. The predicted octanol–water partition coefficient (Wildman–Crippen LogP) is 1.76. The van der Waals surface area contributed by atoms with E-state index in [0.717, 1.165) is 31.0 Å². The van der Waals surface area contributed by atoms with Gasteiger partial charge < -0.3 is 10.2 Å². The molecule has 2 heterocycles. The van der Waals surface area contributed by atoms with E-state index in [1.807, 2.05) is 11.8 Å². The van der Waals surface area contributed by atoms with Gasteiger partial charge in [-0.15, -0.1) is 0 Å². The molecule has 1 saturated heterocycles. The first-order chi connectivity index (χ1) is 12.0. The fourth-order valence-electron chi connectivity index (χ4n) is 3.17. The van der Waals surface area contributed by atoms with Crippen LogP contribution in [0.1, 0.15) is 40.8 Å². The SMILES string of the molecule is CNC(=O)c1ccc(N2CCCC(c3n[nH]c(C)n3)C2)c([N+](=O)[O-])c1. The third-order valence-electron chi connectivity index (χ3n) is 4.40. The molecule has 1 fully saturated rings. The van der Waals surface area contributed by atoms with Gasteiger partial charge in [0.1, 0.15) is 11.5 Å². The minimum atomic E-state index is -0.442. The van der Waals surface area contributed by atoms with Gasteiger partial charge in [0.05, 0.1) is 4.92 Å². The molecule has 1 atom stereocenters. The van der Waals surface area contributed by atoms with Gasteiger partial charge in [-0.2, -0.15) is 5.10 Å². The van der Waals surface area contributed by atoms with Crippen LogP contribution in [0, 0.1) is 17.0 Å². The first kappa shape index (κ1) is 16.9. The second-order valence-corrected chi connectivity index (χ2v) is 6.10. The number of nitrogens with one attached hydrogen (secondary N) is 2. The zero-order chi connectivity index (χ0) is 18.0. The average molecular weight is 344 g/mol. The number of carbonyl (C=O) groups excluding carboxylic acids is 1. The molecule has 0 radical (unpaired) electrons. The zero-order valence-corrected chi connectivity index (χ0v) is 14.2. The summed E-state index contributed by atoms with van der Waals surface area (Å²) in [6, 6.07) is 4.59. The van der Waals surface area contributed by atoms with E-state index >= 15 is 0 Å². The van der Waals surface area contributed by atoms with Crippen LogP contribution in [-0.2, 0) is 0 Å². The number of aromatic amines is 1. The van der Waals surface area contributed by atoms with Gasteiger partial charge in [0, 0.05) is 37.7 Å². The highest BCUT2D eigenvalue weighted by atomic mass is 16.6. The molecule has 1 aromatic heterocycles. The third kappa shape index (κ3) is 3.44. The maximum absolute atomic E-state index is 11.7. The number of nitrogens with zero attached hydrogens (tertiary/aromatic N) is 4. The monoisotopic (exact) mass is 344 g/mol. The summed E-state index contributed by atoms with van der Waals surface area (Å²) in [5, 5.41) is 21.1. The number of nitro benzene ring substituents is 1. The molecule has 1 aliphatic heterocycles. The lowest BCUT2D eigenvalue weighted by Crippen LogP contribution is -2.35. The molecule has 2 N–H and O–H groups in total.